The zero-order chi connectivity index (χ0) is 17.0. The minimum atomic E-state index is -1.77. The van der Waals surface area contributed by atoms with Gasteiger partial charge in [0.25, 0.3) is 5.91 Å². The minimum Gasteiger partial charge on any atom is -0.479 e. The predicted octanol–water partition coefficient (Wildman–Crippen LogP) is 0.617. The molecule has 7 nitrogen and oxygen atoms in total. The summed E-state index contributed by atoms with van der Waals surface area (Å²) in [5, 5.41) is 21.3. The molecular formula is C15H17BrN2O5. The first-order valence-electron chi connectivity index (χ1n) is 7.09. The Morgan fingerprint density at radius 1 is 1.26 bits per heavy atom. The number of benzene rings is 1. The predicted molar refractivity (Wildman–Crippen MR) is 84.9 cm³/mol. The van der Waals surface area contributed by atoms with Crippen LogP contribution in [0.4, 0.5) is 0 Å². The molecule has 2 amide bonds. The average Bonchev–Trinajstić information content (AvgIpc) is 2.52. The second-order valence-electron chi connectivity index (χ2n) is 5.41. The van der Waals surface area contributed by atoms with Crippen LogP contribution in [0.3, 0.4) is 0 Å². The molecule has 1 saturated heterocycles. The number of hydrogen-bond donors (Lipinski definition) is 3. The first kappa shape index (κ1) is 17.4. The largest absolute Gasteiger partial charge is 0.479 e. The summed E-state index contributed by atoms with van der Waals surface area (Å²) in [7, 11) is 0. The molecule has 0 aliphatic carbocycles. The van der Waals surface area contributed by atoms with Crippen LogP contribution in [0.1, 0.15) is 23.2 Å². The van der Waals surface area contributed by atoms with Gasteiger partial charge in [-0.15, -0.1) is 0 Å². The van der Waals surface area contributed by atoms with Crippen molar-refractivity contribution in [2.75, 3.05) is 19.6 Å². The van der Waals surface area contributed by atoms with Gasteiger partial charge in [0.2, 0.25) is 5.91 Å². The summed E-state index contributed by atoms with van der Waals surface area (Å²) in [5.74, 6) is -1.94. The van der Waals surface area contributed by atoms with E-state index >= 15 is 0 Å². The van der Waals surface area contributed by atoms with Gasteiger partial charge in [-0.2, -0.15) is 0 Å². The van der Waals surface area contributed by atoms with Crippen molar-refractivity contribution in [3.63, 3.8) is 0 Å². The van der Waals surface area contributed by atoms with Crippen LogP contribution in [-0.4, -0.2) is 58.1 Å². The van der Waals surface area contributed by atoms with Crippen molar-refractivity contribution in [1.29, 1.82) is 0 Å². The fourth-order valence-corrected chi connectivity index (χ4v) is 2.74. The van der Waals surface area contributed by atoms with Gasteiger partial charge in [0.15, 0.2) is 5.60 Å². The van der Waals surface area contributed by atoms with E-state index in [2.05, 4.69) is 21.2 Å². The molecule has 3 N–H and O–H groups in total. The second-order valence-corrected chi connectivity index (χ2v) is 6.33. The summed E-state index contributed by atoms with van der Waals surface area (Å²) in [6.07, 6.45) is -0.0404. The summed E-state index contributed by atoms with van der Waals surface area (Å²) in [5.41, 5.74) is -1.33. The zero-order valence-corrected chi connectivity index (χ0v) is 13.9. The van der Waals surface area contributed by atoms with Crippen molar-refractivity contribution in [2.45, 2.75) is 18.4 Å². The van der Waals surface area contributed by atoms with Crippen LogP contribution in [0.25, 0.3) is 0 Å². The number of aliphatic carboxylic acids is 1. The van der Waals surface area contributed by atoms with Crippen LogP contribution < -0.4 is 5.32 Å². The highest BCUT2D eigenvalue weighted by atomic mass is 79.9. The molecular weight excluding hydrogens is 368 g/mol. The highest BCUT2D eigenvalue weighted by Gasteiger charge is 2.40. The maximum atomic E-state index is 12.1. The number of hydrogen-bond acceptors (Lipinski definition) is 4. The van der Waals surface area contributed by atoms with E-state index in [0.29, 0.717) is 5.56 Å². The molecule has 124 valence electrons. The van der Waals surface area contributed by atoms with Gasteiger partial charge >= 0.3 is 5.97 Å². The van der Waals surface area contributed by atoms with Crippen LogP contribution in [0, 0.1) is 0 Å². The monoisotopic (exact) mass is 384 g/mol. The maximum Gasteiger partial charge on any atom is 0.335 e. The SMILES string of the molecule is O=C(NCC(=O)N1CCC(O)(C(=O)O)CC1)c1cccc(Br)c1. The third-order valence-corrected chi connectivity index (χ3v) is 4.32. The Bertz CT molecular complexity index is 626. The number of nitrogens with zero attached hydrogens (tertiary/aromatic N) is 1. The van der Waals surface area contributed by atoms with Crippen LogP contribution >= 0.6 is 15.9 Å². The number of aliphatic hydroxyl groups is 1. The molecule has 0 saturated carbocycles. The zero-order valence-electron chi connectivity index (χ0n) is 12.3. The van der Waals surface area contributed by atoms with Crippen LogP contribution in [0.2, 0.25) is 0 Å². The molecule has 0 unspecified atom stereocenters. The molecule has 1 fully saturated rings. The molecule has 0 spiro atoms. The number of amides is 2. The Balaban J connectivity index is 1.84. The van der Waals surface area contributed by atoms with Gasteiger partial charge in [-0.1, -0.05) is 22.0 Å². The molecule has 8 heteroatoms. The lowest BCUT2D eigenvalue weighted by atomic mass is 9.91. The van der Waals surface area contributed by atoms with Gasteiger partial charge in [0, 0.05) is 36.0 Å². The second kappa shape index (κ2) is 7.10. The summed E-state index contributed by atoms with van der Waals surface area (Å²) in [6, 6.07) is 6.80. The summed E-state index contributed by atoms with van der Waals surface area (Å²) < 4.78 is 0.764. The third kappa shape index (κ3) is 4.29. The van der Waals surface area contributed by atoms with Crippen molar-refractivity contribution in [3.8, 4) is 0 Å². The first-order chi connectivity index (χ1) is 10.8. The van der Waals surface area contributed by atoms with E-state index in [0.717, 1.165) is 4.47 Å². The molecule has 1 heterocycles. The summed E-state index contributed by atoms with van der Waals surface area (Å²) in [6.45, 7) is 0.125. The number of piperidine rings is 1. The fourth-order valence-electron chi connectivity index (χ4n) is 2.34. The summed E-state index contributed by atoms with van der Waals surface area (Å²) in [4.78, 5) is 36.4. The van der Waals surface area contributed by atoms with E-state index in [9.17, 15) is 19.5 Å². The van der Waals surface area contributed by atoms with E-state index < -0.39 is 11.6 Å². The number of carbonyl (C=O) groups excluding carboxylic acids is 2. The number of nitrogens with one attached hydrogen (secondary N) is 1. The number of carboxylic acid groups (broad SMARTS) is 1. The maximum absolute atomic E-state index is 12.1. The fraction of sp³-hybridized carbons (Fsp3) is 0.400. The standard InChI is InChI=1S/C15H17BrN2O5/c16-11-3-1-2-10(8-11)13(20)17-9-12(19)18-6-4-15(23,5-7-18)14(21)22/h1-3,8,23H,4-7,9H2,(H,17,20)(H,21,22). The minimum absolute atomic E-state index is 0.0202. The van der Waals surface area contributed by atoms with E-state index in [4.69, 9.17) is 5.11 Å². The Morgan fingerprint density at radius 2 is 1.91 bits per heavy atom. The Kier molecular flexibility index (Phi) is 5.38. The van der Waals surface area contributed by atoms with Crippen molar-refractivity contribution < 1.29 is 24.6 Å². The highest BCUT2D eigenvalue weighted by Crippen LogP contribution is 2.22. The van der Waals surface area contributed by atoms with Crippen LogP contribution in [-0.2, 0) is 9.59 Å². The van der Waals surface area contributed by atoms with Crippen LogP contribution in [0.15, 0.2) is 28.7 Å². The normalized spacial score (nSPS) is 16.7. The van der Waals surface area contributed by atoms with Gasteiger partial charge < -0.3 is 20.4 Å². The number of halogens is 1. The molecule has 0 aromatic heterocycles. The molecule has 1 aromatic carbocycles. The summed E-state index contributed by atoms with van der Waals surface area (Å²) >= 11 is 3.27. The van der Waals surface area contributed by atoms with Gasteiger partial charge in [-0.25, -0.2) is 4.79 Å². The Hall–Kier alpha value is -1.93. The quantitative estimate of drug-likeness (QED) is 0.705. The Labute approximate surface area is 141 Å². The molecule has 0 radical (unpaired) electrons. The molecule has 0 atom stereocenters. The third-order valence-electron chi connectivity index (χ3n) is 3.83. The number of carbonyl (C=O) groups is 3. The lowest BCUT2D eigenvalue weighted by molar-refractivity contribution is -0.165. The molecule has 0 bridgehead atoms. The lowest BCUT2D eigenvalue weighted by Crippen LogP contribution is -2.52. The van der Waals surface area contributed by atoms with E-state index in [1.54, 1.807) is 24.3 Å². The highest BCUT2D eigenvalue weighted by molar-refractivity contribution is 9.10. The molecule has 2 rings (SSSR count). The lowest BCUT2D eigenvalue weighted by Gasteiger charge is -2.35. The molecule has 1 aliphatic rings. The molecule has 1 aromatic rings. The van der Waals surface area contributed by atoms with Gasteiger partial charge in [0.1, 0.15) is 0 Å². The van der Waals surface area contributed by atoms with E-state index in [1.807, 2.05) is 0 Å². The van der Waals surface area contributed by atoms with Gasteiger partial charge in [-0.05, 0) is 18.2 Å². The number of carboxylic acids is 1. The van der Waals surface area contributed by atoms with Gasteiger partial charge in [0.05, 0.1) is 6.54 Å². The number of likely N-dealkylation sites (tertiary alicyclic amines) is 1. The Morgan fingerprint density at radius 3 is 2.48 bits per heavy atom. The average molecular weight is 385 g/mol. The van der Waals surface area contributed by atoms with Crippen molar-refractivity contribution in [2.24, 2.45) is 0 Å². The van der Waals surface area contributed by atoms with Crippen LogP contribution in [0.5, 0.6) is 0 Å². The first-order valence-corrected chi connectivity index (χ1v) is 7.88. The van der Waals surface area contributed by atoms with Crippen molar-refractivity contribution >= 4 is 33.7 Å². The van der Waals surface area contributed by atoms with Gasteiger partial charge in [-0.3, -0.25) is 9.59 Å². The topological polar surface area (TPSA) is 107 Å². The smallest absolute Gasteiger partial charge is 0.335 e. The molecule has 23 heavy (non-hydrogen) atoms. The van der Waals surface area contributed by atoms with E-state index in [-0.39, 0.29) is 44.3 Å². The number of rotatable bonds is 4. The molecule has 1 aliphatic heterocycles. The van der Waals surface area contributed by atoms with Crippen molar-refractivity contribution in [1.82, 2.24) is 10.2 Å². The van der Waals surface area contributed by atoms with Crippen molar-refractivity contribution in [3.05, 3.63) is 34.3 Å². The van der Waals surface area contributed by atoms with E-state index in [1.165, 1.54) is 4.90 Å².